The summed E-state index contributed by atoms with van der Waals surface area (Å²) in [5.74, 6) is 0.971. The number of rotatable bonds is 4. The monoisotopic (exact) mass is 255 g/mol. The number of benzene rings is 1. The summed E-state index contributed by atoms with van der Waals surface area (Å²) >= 11 is 0. The van der Waals surface area contributed by atoms with Crippen molar-refractivity contribution < 1.29 is 0 Å². The standard InChI is InChI=1S/C16H21N3/c1-4-15(17)13-10-12(2)16(18-11-13)19(3)14-8-6-5-7-9-14/h5-11,15H,4,17H2,1-3H3/t15-/m0/s1. The molecule has 0 fully saturated rings. The predicted molar refractivity (Wildman–Crippen MR) is 80.7 cm³/mol. The molecular formula is C16H21N3. The van der Waals surface area contributed by atoms with Crippen LogP contribution in [0.2, 0.25) is 0 Å². The average molecular weight is 255 g/mol. The van der Waals surface area contributed by atoms with E-state index in [-0.39, 0.29) is 6.04 Å². The third-order valence-electron chi connectivity index (χ3n) is 3.40. The van der Waals surface area contributed by atoms with Crippen LogP contribution in [-0.4, -0.2) is 12.0 Å². The normalized spacial score (nSPS) is 12.2. The molecule has 1 atom stereocenters. The number of aromatic nitrogens is 1. The summed E-state index contributed by atoms with van der Waals surface area (Å²) in [7, 11) is 2.03. The molecular weight excluding hydrogens is 234 g/mol. The minimum atomic E-state index is 0.0716. The van der Waals surface area contributed by atoms with Crippen LogP contribution in [0.4, 0.5) is 11.5 Å². The zero-order valence-electron chi connectivity index (χ0n) is 11.8. The summed E-state index contributed by atoms with van der Waals surface area (Å²) in [6, 6.07) is 12.4. The van der Waals surface area contributed by atoms with Gasteiger partial charge in [-0.2, -0.15) is 0 Å². The zero-order chi connectivity index (χ0) is 13.8. The first-order chi connectivity index (χ1) is 9.13. The molecule has 1 aromatic carbocycles. The summed E-state index contributed by atoms with van der Waals surface area (Å²) in [5, 5.41) is 0. The molecule has 0 saturated heterocycles. The molecule has 2 rings (SSSR count). The summed E-state index contributed by atoms with van der Waals surface area (Å²) in [4.78, 5) is 6.66. The summed E-state index contributed by atoms with van der Waals surface area (Å²) < 4.78 is 0. The molecule has 0 spiro atoms. The quantitative estimate of drug-likeness (QED) is 0.908. The first-order valence-corrected chi connectivity index (χ1v) is 6.64. The van der Waals surface area contributed by atoms with Gasteiger partial charge in [0.05, 0.1) is 0 Å². The Labute approximate surface area is 115 Å². The lowest BCUT2D eigenvalue weighted by atomic mass is 10.1. The lowest BCUT2D eigenvalue weighted by Gasteiger charge is -2.21. The number of nitrogens with two attached hydrogens (primary N) is 1. The Morgan fingerprint density at radius 3 is 2.53 bits per heavy atom. The molecule has 0 unspecified atom stereocenters. The van der Waals surface area contributed by atoms with Crippen molar-refractivity contribution in [2.75, 3.05) is 11.9 Å². The molecule has 2 N–H and O–H groups in total. The highest BCUT2D eigenvalue weighted by Crippen LogP contribution is 2.26. The minimum absolute atomic E-state index is 0.0716. The fourth-order valence-corrected chi connectivity index (χ4v) is 2.15. The Morgan fingerprint density at radius 2 is 1.95 bits per heavy atom. The molecule has 0 radical (unpaired) electrons. The van der Waals surface area contributed by atoms with Gasteiger partial charge in [0.25, 0.3) is 0 Å². The first kappa shape index (κ1) is 13.6. The molecule has 0 bridgehead atoms. The van der Waals surface area contributed by atoms with Crippen molar-refractivity contribution in [1.82, 2.24) is 4.98 Å². The van der Waals surface area contributed by atoms with E-state index in [1.54, 1.807) is 0 Å². The largest absolute Gasteiger partial charge is 0.329 e. The Morgan fingerprint density at radius 1 is 1.26 bits per heavy atom. The van der Waals surface area contributed by atoms with E-state index in [4.69, 9.17) is 5.73 Å². The van der Waals surface area contributed by atoms with Crippen LogP contribution < -0.4 is 10.6 Å². The van der Waals surface area contributed by atoms with Gasteiger partial charge in [0.1, 0.15) is 5.82 Å². The van der Waals surface area contributed by atoms with Gasteiger partial charge in [-0.15, -0.1) is 0 Å². The van der Waals surface area contributed by atoms with Gasteiger partial charge in [0.15, 0.2) is 0 Å². The SMILES string of the molecule is CC[C@H](N)c1cnc(N(C)c2ccccc2)c(C)c1. The number of hydrogen-bond donors (Lipinski definition) is 1. The highest BCUT2D eigenvalue weighted by atomic mass is 15.2. The van der Waals surface area contributed by atoms with E-state index in [0.717, 1.165) is 29.1 Å². The van der Waals surface area contributed by atoms with Gasteiger partial charge in [-0.3, -0.25) is 0 Å². The van der Waals surface area contributed by atoms with Crippen LogP contribution in [0.25, 0.3) is 0 Å². The topological polar surface area (TPSA) is 42.1 Å². The second-order valence-electron chi connectivity index (χ2n) is 4.82. The lowest BCUT2D eigenvalue weighted by molar-refractivity contribution is 0.694. The molecule has 1 aromatic heterocycles. The molecule has 19 heavy (non-hydrogen) atoms. The van der Waals surface area contributed by atoms with Crippen molar-refractivity contribution in [3.8, 4) is 0 Å². The van der Waals surface area contributed by atoms with Crippen LogP contribution in [0.3, 0.4) is 0 Å². The van der Waals surface area contributed by atoms with Gasteiger partial charge in [-0.05, 0) is 42.7 Å². The number of pyridine rings is 1. The predicted octanol–water partition coefficient (Wildman–Crippen LogP) is 3.57. The molecule has 3 heteroatoms. The van der Waals surface area contributed by atoms with Crippen molar-refractivity contribution in [2.45, 2.75) is 26.3 Å². The number of anilines is 2. The zero-order valence-corrected chi connectivity index (χ0v) is 11.8. The third kappa shape index (κ3) is 2.93. The molecule has 1 heterocycles. The molecule has 0 saturated carbocycles. The van der Waals surface area contributed by atoms with Crippen molar-refractivity contribution in [3.63, 3.8) is 0 Å². The minimum Gasteiger partial charge on any atom is -0.329 e. The summed E-state index contributed by atoms with van der Waals surface area (Å²) in [6.45, 7) is 4.16. The lowest BCUT2D eigenvalue weighted by Crippen LogP contribution is -2.15. The van der Waals surface area contributed by atoms with Gasteiger partial charge in [0, 0.05) is 25.0 Å². The Kier molecular flexibility index (Phi) is 4.17. The second kappa shape index (κ2) is 5.85. The molecule has 100 valence electrons. The van der Waals surface area contributed by atoms with Gasteiger partial charge >= 0.3 is 0 Å². The number of nitrogens with zero attached hydrogens (tertiary/aromatic N) is 2. The van der Waals surface area contributed by atoms with Crippen molar-refractivity contribution in [1.29, 1.82) is 0 Å². The number of hydrogen-bond acceptors (Lipinski definition) is 3. The number of aryl methyl sites for hydroxylation is 1. The van der Waals surface area contributed by atoms with E-state index >= 15 is 0 Å². The maximum absolute atomic E-state index is 6.05. The smallest absolute Gasteiger partial charge is 0.135 e. The van der Waals surface area contributed by atoms with Gasteiger partial charge in [-0.25, -0.2) is 4.98 Å². The number of para-hydroxylation sites is 1. The molecule has 0 amide bonds. The van der Waals surface area contributed by atoms with Crippen LogP contribution >= 0.6 is 0 Å². The summed E-state index contributed by atoms with van der Waals surface area (Å²) in [5.41, 5.74) is 9.43. The Bertz CT molecular complexity index is 537. The summed E-state index contributed by atoms with van der Waals surface area (Å²) in [6.07, 6.45) is 2.81. The maximum atomic E-state index is 6.05. The van der Waals surface area contributed by atoms with Crippen LogP contribution in [-0.2, 0) is 0 Å². The molecule has 0 aliphatic carbocycles. The van der Waals surface area contributed by atoms with Gasteiger partial charge in [-0.1, -0.05) is 25.1 Å². The van der Waals surface area contributed by atoms with E-state index in [9.17, 15) is 0 Å². The van der Waals surface area contributed by atoms with Crippen LogP contribution in [0.1, 0.15) is 30.5 Å². The second-order valence-corrected chi connectivity index (χ2v) is 4.82. The van der Waals surface area contributed by atoms with Gasteiger partial charge < -0.3 is 10.6 Å². The average Bonchev–Trinajstić information content (AvgIpc) is 2.46. The molecule has 2 aromatic rings. The fourth-order valence-electron chi connectivity index (χ4n) is 2.15. The van der Waals surface area contributed by atoms with Crippen molar-refractivity contribution in [2.24, 2.45) is 5.73 Å². The fraction of sp³-hybridized carbons (Fsp3) is 0.312. The van der Waals surface area contributed by atoms with Gasteiger partial charge in [0.2, 0.25) is 0 Å². The first-order valence-electron chi connectivity index (χ1n) is 6.64. The van der Waals surface area contributed by atoms with E-state index < -0.39 is 0 Å². The third-order valence-corrected chi connectivity index (χ3v) is 3.40. The molecule has 3 nitrogen and oxygen atoms in total. The Hall–Kier alpha value is -1.87. The van der Waals surface area contributed by atoms with Crippen molar-refractivity contribution in [3.05, 3.63) is 53.7 Å². The van der Waals surface area contributed by atoms with E-state index in [2.05, 4.69) is 41.9 Å². The van der Waals surface area contributed by atoms with E-state index in [1.807, 2.05) is 31.4 Å². The molecule has 0 aliphatic rings. The van der Waals surface area contributed by atoms with E-state index in [1.165, 1.54) is 0 Å². The molecule has 0 aliphatic heterocycles. The highest BCUT2D eigenvalue weighted by molar-refractivity contribution is 5.61. The van der Waals surface area contributed by atoms with E-state index in [0.29, 0.717) is 0 Å². The maximum Gasteiger partial charge on any atom is 0.135 e. The van der Waals surface area contributed by atoms with Crippen LogP contribution in [0.15, 0.2) is 42.6 Å². The van der Waals surface area contributed by atoms with Crippen LogP contribution in [0.5, 0.6) is 0 Å². The van der Waals surface area contributed by atoms with Crippen LogP contribution in [0, 0.1) is 6.92 Å². The van der Waals surface area contributed by atoms with Crippen molar-refractivity contribution >= 4 is 11.5 Å². The Balaban J connectivity index is 2.31. The highest BCUT2D eigenvalue weighted by Gasteiger charge is 2.11.